The summed E-state index contributed by atoms with van der Waals surface area (Å²) in [6.45, 7) is 2.85. The lowest BCUT2D eigenvalue weighted by atomic mass is 10.2. The van der Waals surface area contributed by atoms with Crippen molar-refractivity contribution in [2.45, 2.75) is 13.0 Å². The highest BCUT2D eigenvalue weighted by atomic mass is 35.5. The summed E-state index contributed by atoms with van der Waals surface area (Å²) in [5.74, 6) is 0.727. The van der Waals surface area contributed by atoms with Gasteiger partial charge in [0, 0.05) is 37.5 Å². The van der Waals surface area contributed by atoms with Gasteiger partial charge in [-0.1, -0.05) is 17.7 Å². The topological polar surface area (TPSA) is 53.7 Å². The number of nitrogens with two attached hydrogens (primary N) is 1. The van der Waals surface area contributed by atoms with E-state index in [2.05, 4.69) is 0 Å². The average Bonchev–Trinajstić information content (AvgIpc) is 2.38. The molecule has 4 nitrogen and oxygen atoms in total. The van der Waals surface area contributed by atoms with E-state index in [9.17, 15) is 0 Å². The van der Waals surface area contributed by atoms with Gasteiger partial charge >= 0.3 is 0 Å². The van der Waals surface area contributed by atoms with Crippen LogP contribution in [0.3, 0.4) is 0 Å². The smallest absolute Gasteiger partial charge is 0.125 e. The lowest BCUT2D eigenvalue weighted by Gasteiger charge is -2.11. The Morgan fingerprint density at radius 1 is 1.17 bits per heavy atom. The summed E-state index contributed by atoms with van der Waals surface area (Å²) in [6.07, 6.45) is 0.891. The van der Waals surface area contributed by atoms with E-state index in [0.29, 0.717) is 38.0 Å². The van der Waals surface area contributed by atoms with Gasteiger partial charge in [-0.15, -0.1) is 0 Å². The summed E-state index contributed by atoms with van der Waals surface area (Å²) in [4.78, 5) is 0. The monoisotopic (exact) mass is 273 g/mol. The molecule has 18 heavy (non-hydrogen) atoms. The van der Waals surface area contributed by atoms with Crippen molar-refractivity contribution in [3.05, 3.63) is 28.8 Å². The maximum atomic E-state index is 5.91. The summed E-state index contributed by atoms with van der Waals surface area (Å²) in [5.41, 5.74) is 6.56. The molecule has 0 unspecified atom stereocenters. The van der Waals surface area contributed by atoms with Crippen LogP contribution in [0.1, 0.15) is 12.0 Å². The fourth-order valence-corrected chi connectivity index (χ4v) is 1.61. The molecule has 1 rings (SSSR count). The molecular formula is C13H20ClNO3. The van der Waals surface area contributed by atoms with Crippen LogP contribution in [-0.4, -0.2) is 33.5 Å². The molecule has 0 aliphatic heterocycles. The predicted molar refractivity (Wildman–Crippen MR) is 72.2 cm³/mol. The number of hydrogen-bond acceptors (Lipinski definition) is 4. The third-order valence-electron chi connectivity index (χ3n) is 2.37. The molecule has 102 valence electrons. The van der Waals surface area contributed by atoms with Crippen molar-refractivity contribution in [3.8, 4) is 5.75 Å². The van der Waals surface area contributed by atoms with Crippen molar-refractivity contribution in [3.63, 3.8) is 0 Å². The highest BCUT2D eigenvalue weighted by molar-refractivity contribution is 6.30. The number of methoxy groups -OCH3 is 1. The highest BCUT2D eigenvalue weighted by Gasteiger charge is 2.03. The van der Waals surface area contributed by atoms with Crippen LogP contribution in [0.25, 0.3) is 0 Å². The van der Waals surface area contributed by atoms with E-state index < -0.39 is 0 Å². The van der Waals surface area contributed by atoms with E-state index in [1.165, 1.54) is 0 Å². The Bertz CT molecular complexity index is 347. The van der Waals surface area contributed by atoms with Gasteiger partial charge in [-0.25, -0.2) is 0 Å². The number of rotatable bonds is 9. The minimum absolute atomic E-state index is 0.432. The molecule has 5 heteroatoms. The predicted octanol–water partition coefficient (Wildman–Crippen LogP) is 2.23. The van der Waals surface area contributed by atoms with Gasteiger partial charge in [0.05, 0.1) is 6.61 Å². The maximum Gasteiger partial charge on any atom is 0.125 e. The highest BCUT2D eigenvalue weighted by Crippen LogP contribution is 2.22. The Morgan fingerprint density at radius 2 is 2.00 bits per heavy atom. The molecule has 0 heterocycles. The third-order valence-corrected chi connectivity index (χ3v) is 2.61. The second-order valence-corrected chi connectivity index (χ2v) is 4.20. The Morgan fingerprint density at radius 3 is 2.72 bits per heavy atom. The molecule has 0 fully saturated rings. The number of ether oxygens (including phenoxy) is 3. The fraction of sp³-hybridized carbons (Fsp3) is 0.538. The Kier molecular flexibility index (Phi) is 7.76. The summed E-state index contributed by atoms with van der Waals surface area (Å²) in [5, 5.41) is 0.642. The first-order valence-corrected chi connectivity index (χ1v) is 6.33. The first kappa shape index (κ1) is 15.2. The second kappa shape index (κ2) is 9.16. The minimum atomic E-state index is 0.432. The normalized spacial score (nSPS) is 10.6. The molecule has 0 aromatic heterocycles. The molecular weight excluding hydrogens is 254 g/mol. The van der Waals surface area contributed by atoms with Gasteiger partial charge in [0.2, 0.25) is 0 Å². The minimum Gasteiger partial charge on any atom is -0.491 e. The summed E-state index contributed by atoms with van der Waals surface area (Å²) >= 11 is 5.91. The quantitative estimate of drug-likeness (QED) is 0.701. The molecule has 0 saturated carbocycles. The fourth-order valence-electron chi connectivity index (χ4n) is 1.45. The van der Waals surface area contributed by atoms with Gasteiger partial charge in [0.25, 0.3) is 0 Å². The van der Waals surface area contributed by atoms with Gasteiger partial charge in [-0.3, -0.25) is 0 Å². The number of benzene rings is 1. The zero-order valence-corrected chi connectivity index (χ0v) is 11.4. The molecule has 0 spiro atoms. The molecule has 1 aromatic rings. The van der Waals surface area contributed by atoms with Crippen LogP contribution in [0, 0.1) is 0 Å². The zero-order valence-electron chi connectivity index (χ0n) is 10.7. The third kappa shape index (κ3) is 5.69. The molecule has 0 aliphatic rings. The first-order valence-electron chi connectivity index (χ1n) is 5.96. The molecule has 0 saturated heterocycles. The molecule has 0 bridgehead atoms. The van der Waals surface area contributed by atoms with Gasteiger partial charge < -0.3 is 19.9 Å². The van der Waals surface area contributed by atoms with Crippen molar-refractivity contribution in [1.82, 2.24) is 0 Å². The van der Waals surface area contributed by atoms with Crippen LogP contribution in [0.5, 0.6) is 5.75 Å². The van der Waals surface area contributed by atoms with Crippen molar-refractivity contribution in [2.75, 3.05) is 33.5 Å². The van der Waals surface area contributed by atoms with Crippen LogP contribution in [0.2, 0.25) is 5.02 Å². The van der Waals surface area contributed by atoms with Gasteiger partial charge in [0.1, 0.15) is 12.4 Å². The summed E-state index contributed by atoms with van der Waals surface area (Å²) < 4.78 is 15.9. The van der Waals surface area contributed by atoms with Gasteiger partial charge in [-0.05, 0) is 18.6 Å². The lowest BCUT2D eigenvalue weighted by Crippen LogP contribution is -2.10. The number of hydrogen-bond donors (Lipinski definition) is 1. The van der Waals surface area contributed by atoms with Crippen LogP contribution in [0.4, 0.5) is 0 Å². The van der Waals surface area contributed by atoms with Crippen molar-refractivity contribution >= 4 is 11.6 Å². The number of halogens is 1. The zero-order chi connectivity index (χ0) is 13.2. The van der Waals surface area contributed by atoms with Crippen LogP contribution in [0.15, 0.2) is 18.2 Å². The molecule has 0 atom stereocenters. The van der Waals surface area contributed by atoms with Crippen LogP contribution < -0.4 is 10.5 Å². The molecule has 0 amide bonds. The van der Waals surface area contributed by atoms with Crippen molar-refractivity contribution in [2.24, 2.45) is 5.73 Å². The molecule has 2 N–H and O–H groups in total. The summed E-state index contributed by atoms with van der Waals surface area (Å²) in [6, 6.07) is 5.45. The van der Waals surface area contributed by atoms with Crippen molar-refractivity contribution < 1.29 is 14.2 Å². The van der Waals surface area contributed by atoms with E-state index in [4.69, 9.17) is 31.5 Å². The standard InChI is InChI=1S/C13H20ClNO3/c1-16-5-2-6-17-7-8-18-13-9-12(14)4-3-11(13)10-15/h3-4,9H,2,5-8,10,15H2,1H3. The molecule has 0 aliphatic carbocycles. The van der Waals surface area contributed by atoms with E-state index in [-0.39, 0.29) is 0 Å². The first-order chi connectivity index (χ1) is 8.77. The lowest BCUT2D eigenvalue weighted by molar-refractivity contribution is 0.0804. The van der Waals surface area contributed by atoms with E-state index in [1.807, 2.05) is 6.07 Å². The SMILES string of the molecule is COCCCOCCOc1cc(Cl)ccc1CN. The average molecular weight is 274 g/mol. The van der Waals surface area contributed by atoms with Crippen molar-refractivity contribution in [1.29, 1.82) is 0 Å². The molecule has 1 aromatic carbocycles. The Balaban J connectivity index is 2.24. The van der Waals surface area contributed by atoms with Gasteiger partial charge in [-0.2, -0.15) is 0 Å². The van der Waals surface area contributed by atoms with Crippen LogP contribution in [-0.2, 0) is 16.0 Å². The second-order valence-electron chi connectivity index (χ2n) is 3.76. The Hall–Kier alpha value is -0.810. The molecule has 0 radical (unpaired) electrons. The largest absolute Gasteiger partial charge is 0.491 e. The van der Waals surface area contributed by atoms with E-state index in [1.54, 1.807) is 19.2 Å². The maximum absolute atomic E-state index is 5.91. The van der Waals surface area contributed by atoms with Crippen LogP contribution >= 0.6 is 11.6 Å². The summed E-state index contributed by atoms with van der Waals surface area (Å²) in [7, 11) is 1.68. The van der Waals surface area contributed by atoms with E-state index >= 15 is 0 Å². The Labute approximate surface area is 113 Å². The van der Waals surface area contributed by atoms with Gasteiger partial charge in [0.15, 0.2) is 0 Å². The van der Waals surface area contributed by atoms with E-state index in [0.717, 1.165) is 17.7 Å².